The average Bonchev–Trinajstić information content (AvgIpc) is 2.38. The molecule has 0 saturated heterocycles. The first-order valence-corrected chi connectivity index (χ1v) is 6.77. The third-order valence-corrected chi connectivity index (χ3v) is 2.24. The van der Waals surface area contributed by atoms with E-state index in [9.17, 15) is 9.59 Å². The molecular formula is C14H25NO4. The van der Waals surface area contributed by atoms with E-state index in [-0.39, 0.29) is 18.0 Å². The van der Waals surface area contributed by atoms with Crippen LogP contribution in [0.25, 0.3) is 0 Å². The molecule has 0 aromatic heterocycles. The third kappa shape index (κ3) is 12.9. The standard InChI is InChI=1S/C14H25NO4/c1-4-13(16)15-9-5-6-10-19-14(17)8-7-11-18-12(2)3/h7-8,12H,4-6,9-11H2,1-3H3,(H,15,16)/b8-7+. The molecule has 0 heterocycles. The number of ether oxygens (including phenoxy) is 2. The maximum Gasteiger partial charge on any atom is 0.330 e. The first-order chi connectivity index (χ1) is 9.06. The van der Waals surface area contributed by atoms with Gasteiger partial charge in [0, 0.05) is 19.0 Å². The minimum atomic E-state index is -0.357. The van der Waals surface area contributed by atoms with Crippen molar-refractivity contribution >= 4 is 11.9 Å². The summed E-state index contributed by atoms with van der Waals surface area (Å²) in [5.41, 5.74) is 0. The molecule has 0 aromatic carbocycles. The monoisotopic (exact) mass is 271 g/mol. The molecule has 5 heteroatoms. The molecule has 0 unspecified atom stereocenters. The molecule has 0 fully saturated rings. The molecule has 0 aliphatic heterocycles. The van der Waals surface area contributed by atoms with Crippen molar-refractivity contribution in [2.75, 3.05) is 19.8 Å². The second kappa shape index (κ2) is 11.7. The number of amides is 1. The molecule has 0 radical (unpaired) electrons. The molecule has 19 heavy (non-hydrogen) atoms. The lowest BCUT2D eigenvalue weighted by molar-refractivity contribution is -0.138. The number of hydrogen-bond acceptors (Lipinski definition) is 4. The van der Waals surface area contributed by atoms with E-state index >= 15 is 0 Å². The van der Waals surface area contributed by atoms with Crippen LogP contribution in [0.2, 0.25) is 0 Å². The van der Waals surface area contributed by atoms with Gasteiger partial charge < -0.3 is 14.8 Å². The molecule has 0 aliphatic carbocycles. The predicted octanol–water partition coefficient (Wildman–Crippen LogP) is 1.82. The van der Waals surface area contributed by atoms with Gasteiger partial charge in [-0.2, -0.15) is 0 Å². The Morgan fingerprint density at radius 1 is 1.26 bits per heavy atom. The highest BCUT2D eigenvalue weighted by atomic mass is 16.5. The highest BCUT2D eigenvalue weighted by molar-refractivity contribution is 5.81. The smallest absolute Gasteiger partial charge is 0.330 e. The van der Waals surface area contributed by atoms with E-state index in [1.54, 1.807) is 6.08 Å². The van der Waals surface area contributed by atoms with E-state index in [4.69, 9.17) is 9.47 Å². The van der Waals surface area contributed by atoms with Gasteiger partial charge in [0.2, 0.25) is 5.91 Å². The van der Waals surface area contributed by atoms with Crippen LogP contribution in [0, 0.1) is 0 Å². The van der Waals surface area contributed by atoms with Crippen molar-refractivity contribution in [3.63, 3.8) is 0 Å². The van der Waals surface area contributed by atoms with Gasteiger partial charge in [-0.1, -0.05) is 13.0 Å². The third-order valence-electron chi connectivity index (χ3n) is 2.24. The Hall–Kier alpha value is -1.36. The van der Waals surface area contributed by atoms with E-state index in [0.717, 1.165) is 12.8 Å². The molecule has 0 aliphatic rings. The number of carbonyl (C=O) groups excluding carboxylic acids is 2. The molecule has 0 rings (SSSR count). The number of rotatable bonds is 10. The van der Waals surface area contributed by atoms with Crippen LogP contribution in [0.4, 0.5) is 0 Å². The minimum Gasteiger partial charge on any atom is -0.463 e. The lowest BCUT2D eigenvalue weighted by Crippen LogP contribution is -2.23. The summed E-state index contributed by atoms with van der Waals surface area (Å²) >= 11 is 0. The Morgan fingerprint density at radius 2 is 2.00 bits per heavy atom. The predicted molar refractivity (Wildman–Crippen MR) is 73.7 cm³/mol. The lowest BCUT2D eigenvalue weighted by atomic mass is 10.3. The Labute approximate surface area is 115 Å². The van der Waals surface area contributed by atoms with Crippen LogP contribution in [-0.2, 0) is 19.1 Å². The topological polar surface area (TPSA) is 64.6 Å². The van der Waals surface area contributed by atoms with Crippen molar-refractivity contribution in [1.82, 2.24) is 5.32 Å². The molecule has 1 N–H and O–H groups in total. The van der Waals surface area contributed by atoms with Gasteiger partial charge in [-0.3, -0.25) is 4.79 Å². The van der Waals surface area contributed by atoms with Gasteiger partial charge in [0.15, 0.2) is 0 Å². The van der Waals surface area contributed by atoms with Crippen molar-refractivity contribution in [3.05, 3.63) is 12.2 Å². The zero-order valence-electron chi connectivity index (χ0n) is 12.1. The lowest BCUT2D eigenvalue weighted by Gasteiger charge is -2.04. The Balaban J connectivity index is 3.41. The summed E-state index contributed by atoms with van der Waals surface area (Å²) in [6.07, 6.45) is 5.22. The fourth-order valence-electron chi connectivity index (χ4n) is 1.19. The van der Waals surface area contributed by atoms with Gasteiger partial charge in [-0.15, -0.1) is 0 Å². The molecule has 0 bridgehead atoms. The van der Waals surface area contributed by atoms with Crippen molar-refractivity contribution in [2.24, 2.45) is 0 Å². The number of nitrogens with one attached hydrogen (secondary N) is 1. The number of hydrogen-bond donors (Lipinski definition) is 1. The summed E-state index contributed by atoms with van der Waals surface area (Å²) in [5, 5.41) is 2.76. The second-order valence-corrected chi connectivity index (χ2v) is 4.36. The highest BCUT2D eigenvalue weighted by Crippen LogP contribution is 1.92. The zero-order valence-corrected chi connectivity index (χ0v) is 12.1. The fourth-order valence-corrected chi connectivity index (χ4v) is 1.19. The van der Waals surface area contributed by atoms with Gasteiger partial charge >= 0.3 is 5.97 Å². The highest BCUT2D eigenvalue weighted by Gasteiger charge is 1.98. The van der Waals surface area contributed by atoms with Gasteiger partial charge in [0.1, 0.15) is 0 Å². The summed E-state index contributed by atoms with van der Waals surface area (Å²) < 4.78 is 10.2. The molecule has 0 aromatic rings. The summed E-state index contributed by atoms with van der Waals surface area (Å²) in [6, 6.07) is 0. The van der Waals surface area contributed by atoms with E-state index in [1.165, 1.54) is 6.08 Å². The van der Waals surface area contributed by atoms with Gasteiger partial charge in [0.25, 0.3) is 0 Å². The van der Waals surface area contributed by atoms with E-state index < -0.39 is 0 Å². The number of unbranched alkanes of at least 4 members (excludes halogenated alkanes) is 1. The Bertz CT molecular complexity index is 287. The van der Waals surface area contributed by atoms with Crippen molar-refractivity contribution in [2.45, 2.75) is 46.1 Å². The summed E-state index contributed by atoms with van der Waals surface area (Å²) in [7, 11) is 0. The van der Waals surface area contributed by atoms with Crippen LogP contribution in [-0.4, -0.2) is 37.7 Å². The quantitative estimate of drug-likeness (QED) is 0.374. The van der Waals surface area contributed by atoms with Crippen LogP contribution in [0.3, 0.4) is 0 Å². The van der Waals surface area contributed by atoms with Crippen LogP contribution in [0.5, 0.6) is 0 Å². The molecule has 110 valence electrons. The number of carbonyl (C=O) groups is 2. The summed E-state index contributed by atoms with van der Waals surface area (Å²) in [6.45, 7) is 7.09. The summed E-state index contributed by atoms with van der Waals surface area (Å²) in [4.78, 5) is 22.2. The molecule has 0 saturated carbocycles. The SMILES string of the molecule is CCC(=O)NCCCCOC(=O)/C=C/COC(C)C. The summed E-state index contributed by atoms with van der Waals surface area (Å²) in [5.74, 6) is -0.310. The molecule has 0 atom stereocenters. The van der Waals surface area contributed by atoms with Crippen molar-refractivity contribution < 1.29 is 19.1 Å². The normalized spacial score (nSPS) is 10.9. The largest absolute Gasteiger partial charge is 0.463 e. The Morgan fingerprint density at radius 3 is 2.63 bits per heavy atom. The molecule has 0 spiro atoms. The van der Waals surface area contributed by atoms with Gasteiger partial charge in [0.05, 0.1) is 19.3 Å². The van der Waals surface area contributed by atoms with Crippen molar-refractivity contribution in [1.29, 1.82) is 0 Å². The van der Waals surface area contributed by atoms with Crippen LogP contribution >= 0.6 is 0 Å². The maximum atomic E-state index is 11.2. The first-order valence-electron chi connectivity index (χ1n) is 6.77. The average molecular weight is 271 g/mol. The second-order valence-electron chi connectivity index (χ2n) is 4.36. The fraction of sp³-hybridized carbons (Fsp3) is 0.714. The van der Waals surface area contributed by atoms with Crippen LogP contribution in [0.15, 0.2) is 12.2 Å². The van der Waals surface area contributed by atoms with Gasteiger partial charge in [-0.25, -0.2) is 4.79 Å². The van der Waals surface area contributed by atoms with E-state index in [0.29, 0.717) is 26.2 Å². The minimum absolute atomic E-state index is 0.0464. The first kappa shape index (κ1) is 17.6. The molecule has 5 nitrogen and oxygen atoms in total. The van der Waals surface area contributed by atoms with Crippen LogP contribution in [0.1, 0.15) is 40.0 Å². The maximum absolute atomic E-state index is 11.2. The molecule has 1 amide bonds. The number of esters is 1. The molecular weight excluding hydrogens is 246 g/mol. The van der Waals surface area contributed by atoms with E-state index in [2.05, 4.69) is 5.32 Å². The van der Waals surface area contributed by atoms with Crippen LogP contribution < -0.4 is 5.32 Å². The van der Waals surface area contributed by atoms with Gasteiger partial charge in [-0.05, 0) is 26.7 Å². The zero-order chi connectivity index (χ0) is 14.5. The van der Waals surface area contributed by atoms with Crippen molar-refractivity contribution in [3.8, 4) is 0 Å². The Kier molecular flexibility index (Phi) is 10.9. The van der Waals surface area contributed by atoms with E-state index in [1.807, 2.05) is 20.8 Å².